The van der Waals surface area contributed by atoms with Crippen LogP contribution < -0.4 is 4.74 Å². The predicted molar refractivity (Wildman–Crippen MR) is 148 cm³/mol. The van der Waals surface area contributed by atoms with E-state index in [9.17, 15) is 23.1 Å². The molecule has 0 unspecified atom stereocenters. The van der Waals surface area contributed by atoms with Gasteiger partial charge in [-0.2, -0.15) is 5.26 Å². The monoisotopic (exact) mass is 591 g/mol. The lowest BCUT2D eigenvalue weighted by Gasteiger charge is -2.32. The molecule has 2 aromatic heterocycles. The van der Waals surface area contributed by atoms with Crippen LogP contribution in [-0.2, 0) is 24.4 Å². The first-order valence-electron chi connectivity index (χ1n) is 14.0. The van der Waals surface area contributed by atoms with E-state index in [2.05, 4.69) is 14.9 Å². The molecule has 2 aromatic carbocycles. The standard InChI is InChI=1S/C31H28F3N5O4/c32-23-3-4-26(36-30(23)43-17-20-2-1-18(14-35)11-24(20)33)19-5-8-38(9-6-19)16-28-37-29-25(34)12-21(31(40)41)13-27(29)39(28)15-22-7-10-42-22/h1-4,11-13,19,22H,5-10,15-17H2,(H,40,41)/t22-/m0/s1. The van der Waals surface area contributed by atoms with Crippen LogP contribution in [0.3, 0.4) is 0 Å². The highest BCUT2D eigenvalue weighted by molar-refractivity contribution is 5.92. The van der Waals surface area contributed by atoms with Gasteiger partial charge in [-0.05, 0) is 68.8 Å². The van der Waals surface area contributed by atoms with Gasteiger partial charge in [0.2, 0.25) is 0 Å². The molecule has 0 radical (unpaired) electrons. The molecule has 6 rings (SSSR count). The molecule has 43 heavy (non-hydrogen) atoms. The molecule has 4 heterocycles. The maximum Gasteiger partial charge on any atom is 0.335 e. The average Bonchev–Trinajstić information content (AvgIpc) is 3.32. The molecule has 222 valence electrons. The molecule has 2 fully saturated rings. The Morgan fingerprint density at radius 3 is 2.51 bits per heavy atom. The van der Waals surface area contributed by atoms with E-state index in [0.717, 1.165) is 31.4 Å². The number of aromatic carboxylic acids is 1. The Hall–Kier alpha value is -4.47. The number of benzene rings is 2. The van der Waals surface area contributed by atoms with Crippen LogP contribution >= 0.6 is 0 Å². The van der Waals surface area contributed by atoms with Gasteiger partial charge < -0.3 is 19.1 Å². The number of piperidine rings is 1. The number of imidazole rings is 1. The maximum atomic E-state index is 14.9. The van der Waals surface area contributed by atoms with E-state index in [1.807, 2.05) is 10.6 Å². The fraction of sp³-hybridized carbons (Fsp3) is 0.355. The van der Waals surface area contributed by atoms with Crippen molar-refractivity contribution in [3.63, 3.8) is 0 Å². The molecule has 9 nitrogen and oxygen atoms in total. The van der Waals surface area contributed by atoms with Crippen LogP contribution in [0.25, 0.3) is 11.0 Å². The van der Waals surface area contributed by atoms with Gasteiger partial charge in [0.05, 0.1) is 41.9 Å². The first-order chi connectivity index (χ1) is 20.8. The number of likely N-dealkylation sites (tertiary alicyclic amines) is 1. The number of nitriles is 1. The van der Waals surface area contributed by atoms with E-state index in [1.54, 1.807) is 6.07 Å². The lowest BCUT2D eigenvalue weighted by Crippen LogP contribution is -2.35. The molecule has 1 N–H and O–H groups in total. The Labute approximate surface area is 245 Å². The minimum atomic E-state index is -1.21. The smallest absolute Gasteiger partial charge is 0.335 e. The van der Waals surface area contributed by atoms with Crippen molar-refractivity contribution in [3.8, 4) is 11.9 Å². The lowest BCUT2D eigenvalue weighted by atomic mass is 9.93. The highest BCUT2D eigenvalue weighted by atomic mass is 19.1. The molecule has 2 aliphatic heterocycles. The van der Waals surface area contributed by atoms with Crippen molar-refractivity contribution in [2.45, 2.75) is 51.0 Å². The predicted octanol–water partition coefficient (Wildman–Crippen LogP) is 5.17. The number of rotatable bonds is 9. The number of carboxylic acids is 1. The summed E-state index contributed by atoms with van der Waals surface area (Å²) in [5.41, 5.74) is 1.48. The fourth-order valence-corrected chi connectivity index (χ4v) is 5.54. The third-order valence-corrected chi connectivity index (χ3v) is 8.07. The highest BCUT2D eigenvalue weighted by Crippen LogP contribution is 2.31. The maximum absolute atomic E-state index is 14.9. The molecule has 0 aliphatic carbocycles. The van der Waals surface area contributed by atoms with E-state index in [1.165, 1.54) is 24.3 Å². The number of hydrogen-bond donors (Lipinski definition) is 1. The van der Waals surface area contributed by atoms with Crippen molar-refractivity contribution < 1.29 is 32.5 Å². The lowest BCUT2D eigenvalue weighted by molar-refractivity contribution is -0.0592. The molecule has 2 aliphatic rings. The number of nitrogens with zero attached hydrogens (tertiary/aromatic N) is 5. The SMILES string of the molecule is N#Cc1ccc(COc2nc(C3CCN(Cc4nc5c(F)cc(C(=O)O)cc5n4C[C@@H]4CCO4)CC3)ccc2F)c(F)c1. The van der Waals surface area contributed by atoms with Crippen molar-refractivity contribution in [2.24, 2.45) is 0 Å². The summed E-state index contributed by atoms with van der Waals surface area (Å²) in [4.78, 5) is 22.7. The Morgan fingerprint density at radius 2 is 1.84 bits per heavy atom. The second-order valence-electron chi connectivity index (χ2n) is 10.8. The van der Waals surface area contributed by atoms with E-state index >= 15 is 0 Å². The van der Waals surface area contributed by atoms with Gasteiger partial charge in [0.1, 0.15) is 23.8 Å². The van der Waals surface area contributed by atoms with Crippen LogP contribution in [0.5, 0.6) is 5.88 Å². The van der Waals surface area contributed by atoms with Crippen LogP contribution in [-0.4, -0.2) is 56.3 Å². The molecule has 0 saturated carbocycles. The van der Waals surface area contributed by atoms with Crippen molar-refractivity contribution in [1.29, 1.82) is 5.26 Å². The molecular weight excluding hydrogens is 563 g/mol. The highest BCUT2D eigenvalue weighted by Gasteiger charge is 2.27. The number of hydrogen-bond acceptors (Lipinski definition) is 7. The van der Waals surface area contributed by atoms with Crippen molar-refractivity contribution in [2.75, 3.05) is 19.7 Å². The molecule has 0 amide bonds. The summed E-state index contributed by atoms with van der Waals surface area (Å²) < 4.78 is 56.6. The summed E-state index contributed by atoms with van der Waals surface area (Å²) in [6.45, 7) is 2.69. The summed E-state index contributed by atoms with van der Waals surface area (Å²) in [5, 5.41) is 18.4. The van der Waals surface area contributed by atoms with Crippen molar-refractivity contribution in [1.82, 2.24) is 19.4 Å². The molecule has 0 spiro atoms. The zero-order valence-electron chi connectivity index (χ0n) is 23.1. The van der Waals surface area contributed by atoms with Crippen LogP contribution in [0.4, 0.5) is 13.2 Å². The van der Waals surface area contributed by atoms with Crippen LogP contribution in [0.15, 0.2) is 42.5 Å². The number of halogens is 3. The Balaban J connectivity index is 1.14. The number of ether oxygens (including phenoxy) is 2. The second kappa shape index (κ2) is 12.0. The minimum Gasteiger partial charge on any atom is -0.478 e. The molecule has 4 aromatic rings. The van der Waals surface area contributed by atoms with Gasteiger partial charge in [-0.15, -0.1) is 0 Å². The van der Waals surface area contributed by atoms with Gasteiger partial charge in [0, 0.05) is 23.8 Å². The van der Waals surface area contributed by atoms with E-state index in [4.69, 9.17) is 14.7 Å². The minimum absolute atomic E-state index is 0.0344. The summed E-state index contributed by atoms with van der Waals surface area (Å²) in [7, 11) is 0. The first-order valence-corrected chi connectivity index (χ1v) is 14.0. The Morgan fingerprint density at radius 1 is 1.05 bits per heavy atom. The molecular formula is C31H28F3N5O4. The van der Waals surface area contributed by atoms with Crippen LogP contribution in [0, 0.1) is 28.8 Å². The molecule has 1 atom stereocenters. The number of aromatic nitrogens is 3. The van der Waals surface area contributed by atoms with Gasteiger partial charge in [0.25, 0.3) is 5.88 Å². The van der Waals surface area contributed by atoms with E-state index < -0.39 is 23.4 Å². The molecule has 2 saturated heterocycles. The van der Waals surface area contributed by atoms with E-state index in [0.29, 0.717) is 49.8 Å². The normalized spacial score (nSPS) is 17.5. The average molecular weight is 592 g/mol. The van der Waals surface area contributed by atoms with Gasteiger partial charge in [0.15, 0.2) is 11.6 Å². The molecule has 0 bridgehead atoms. The van der Waals surface area contributed by atoms with Gasteiger partial charge in [-0.1, -0.05) is 6.07 Å². The van der Waals surface area contributed by atoms with E-state index in [-0.39, 0.29) is 46.7 Å². The van der Waals surface area contributed by atoms with Gasteiger partial charge in [-0.25, -0.2) is 27.9 Å². The third-order valence-electron chi connectivity index (χ3n) is 8.07. The zero-order valence-corrected chi connectivity index (χ0v) is 23.1. The van der Waals surface area contributed by atoms with Crippen LogP contribution in [0.1, 0.15) is 58.2 Å². The summed E-state index contributed by atoms with van der Waals surface area (Å²) in [6.07, 6.45) is 2.29. The van der Waals surface area contributed by atoms with Gasteiger partial charge >= 0.3 is 5.97 Å². The number of fused-ring (bicyclic) bond motifs is 1. The number of pyridine rings is 1. The first kappa shape index (κ1) is 28.6. The van der Waals surface area contributed by atoms with Crippen molar-refractivity contribution in [3.05, 3.63) is 88.1 Å². The van der Waals surface area contributed by atoms with Gasteiger partial charge in [-0.3, -0.25) is 4.90 Å². The summed E-state index contributed by atoms with van der Waals surface area (Å²) >= 11 is 0. The summed E-state index contributed by atoms with van der Waals surface area (Å²) in [6, 6.07) is 11.2. The quantitative estimate of drug-likeness (QED) is 0.284. The summed E-state index contributed by atoms with van der Waals surface area (Å²) in [5.74, 6) is -2.67. The Bertz CT molecular complexity index is 1720. The fourth-order valence-electron chi connectivity index (χ4n) is 5.54. The zero-order chi connectivity index (χ0) is 30.1. The topological polar surface area (TPSA) is 114 Å². The number of carboxylic acid groups (broad SMARTS) is 1. The third kappa shape index (κ3) is 6.04. The molecule has 12 heteroatoms. The number of carbonyl (C=O) groups is 1. The Kier molecular flexibility index (Phi) is 8.01. The van der Waals surface area contributed by atoms with Crippen LogP contribution in [0.2, 0.25) is 0 Å². The second-order valence-corrected chi connectivity index (χ2v) is 10.8. The van der Waals surface area contributed by atoms with Crippen molar-refractivity contribution >= 4 is 17.0 Å². The largest absolute Gasteiger partial charge is 0.478 e.